The average Bonchev–Trinajstić information content (AvgIpc) is 3.88. The van der Waals surface area contributed by atoms with E-state index >= 15 is 0 Å². The van der Waals surface area contributed by atoms with Crippen molar-refractivity contribution in [1.29, 1.82) is 0 Å². The molecule has 9 nitrogen and oxygen atoms in total. The summed E-state index contributed by atoms with van der Waals surface area (Å²) in [7, 11) is 0. The van der Waals surface area contributed by atoms with Crippen LogP contribution in [-0.4, -0.2) is 60.5 Å². The number of aliphatic hydroxyl groups is 1. The molecule has 246 valence electrons. The lowest BCUT2D eigenvalue weighted by atomic mass is 10.0. The van der Waals surface area contributed by atoms with Crippen LogP contribution < -0.4 is 20.4 Å². The predicted molar refractivity (Wildman–Crippen MR) is 187 cm³/mol. The summed E-state index contributed by atoms with van der Waals surface area (Å²) in [6.07, 6.45) is 2.06. The van der Waals surface area contributed by atoms with Crippen molar-refractivity contribution in [2.45, 2.75) is 31.3 Å². The second-order valence-electron chi connectivity index (χ2n) is 11.1. The quantitative estimate of drug-likeness (QED) is 0.192. The van der Waals surface area contributed by atoms with Crippen LogP contribution in [0.25, 0.3) is 0 Å². The number of nitrogens with zero attached hydrogens (tertiary/aromatic N) is 2. The molecular weight excluding hydrogens is 679 g/mol. The minimum Gasteiger partial charge on any atom is -0.372 e. The number of carbonyl (C=O) groups excluding carboxylic acids is 4. The third-order valence-corrected chi connectivity index (χ3v) is 10.3. The zero-order valence-corrected chi connectivity index (χ0v) is 28.5. The topological polar surface area (TPSA) is 119 Å². The van der Waals surface area contributed by atoms with Crippen LogP contribution in [0.5, 0.6) is 0 Å². The molecule has 2 aromatic carbocycles. The predicted octanol–water partition coefficient (Wildman–Crippen LogP) is 5.34. The maximum Gasteiger partial charge on any atom is 0.268 e. The summed E-state index contributed by atoms with van der Waals surface area (Å²) in [6, 6.07) is 21.9. The van der Waals surface area contributed by atoms with Gasteiger partial charge in [0.1, 0.15) is 5.92 Å². The molecule has 4 aromatic rings. The van der Waals surface area contributed by atoms with Crippen LogP contribution in [0.1, 0.15) is 22.6 Å². The van der Waals surface area contributed by atoms with Crippen molar-refractivity contribution in [3.63, 3.8) is 0 Å². The second kappa shape index (κ2) is 15.9. The zero-order chi connectivity index (χ0) is 33.4. The fourth-order valence-corrected chi connectivity index (χ4v) is 7.20. The Balaban J connectivity index is 0.000000185. The van der Waals surface area contributed by atoms with Gasteiger partial charge in [-0.2, -0.15) is 0 Å². The van der Waals surface area contributed by atoms with Gasteiger partial charge in [-0.15, -0.1) is 22.7 Å². The van der Waals surface area contributed by atoms with E-state index in [1.54, 1.807) is 70.0 Å². The second-order valence-corrected chi connectivity index (χ2v) is 14.0. The summed E-state index contributed by atoms with van der Waals surface area (Å²) in [6.45, 7) is 1.75. The van der Waals surface area contributed by atoms with Gasteiger partial charge in [-0.05, 0) is 78.6 Å². The highest BCUT2D eigenvalue weighted by Crippen LogP contribution is 2.30. The van der Waals surface area contributed by atoms with Gasteiger partial charge >= 0.3 is 0 Å². The van der Waals surface area contributed by atoms with Crippen molar-refractivity contribution < 1.29 is 24.3 Å². The van der Waals surface area contributed by atoms with Gasteiger partial charge < -0.3 is 25.5 Å². The maximum atomic E-state index is 12.5. The molecule has 0 bridgehead atoms. The molecule has 47 heavy (non-hydrogen) atoms. The fourth-order valence-electron chi connectivity index (χ4n) is 5.42. The lowest BCUT2D eigenvalue weighted by molar-refractivity contribution is -0.149. The van der Waals surface area contributed by atoms with Crippen molar-refractivity contribution >= 4 is 80.9 Å². The highest BCUT2D eigenvalue weighted by atomic mass is 35.5. The molecule has 6 rings (SSSR count). The SMILES string of the molecule is O=C(NCCc1cccs1)C1(O)CCN(c2cccc(Cl)c2)C1=O.O=C(NCCc1cccs1)C1CCN(c2cccc(Cl)c2)C1=O. The van der Waals surface area contributed by atoms with Gasteiger partial charge in [0.15, 0.2) is 0 Å². The number of rotatable bonds is 10. The Labute approximate surface area is 291 Å². The van der Waals surface area contributed by atoms with Gasteiger partial charge in [0.05, 0.1) is 0 Å². The lowest BCUT2D eigenvalue weighted by Gasteiger charge is -2.21. The third kappa shape index (κ3) is 8.60. The van der Waals surface area contributed by atoms with Crippen LogP contribution in [0.4, 0.5) is 11.4 Å². The molecule has 0 saturated carbocycles. The fraction of sp³-hybridized carbons (Fsp3) is 0.294. The number of benzene rings is 2. The molecule has 4 amide bonds. The van der Waals surface area contributed by atoms with E-state index in [1.807, 2.05) is 41.1 Å². The Kier molecular flexibility index (Phi) is 11.7. The summed E-state index contributed by atoms with van der Waals surface area (Å²) < 4.78 is 0. The highest BCUT2D eigenvalue weighted by Gasteiger charge is 2.51. The van der Waals surface area contributed by atoms with E-state index in [-0.39, 0.29) is 24.8 Å². The largest absolute Gasteiger partial charge is 0.372 e. The smallest absolute Gasteiger partial charge is 0.268 e. The number of thiophene rings is 2. The maximum absolute atomic E-state index is 12.5. The number of hydrogen-bond acceptors (Lipinski definition) is 7. The Morgan fingerprint density at radius 2 is 1.38 bits per heavy atom. The average molecular weight is 714 g/mol. The number of hydrogen-bond donors (Lipinski definition) is 3. The van der Waals surface area contributed by atoms with Crippen LogP contribution in [0.2, 0.25) is 10.0 Å². The first-order chi connectivity index (χ1) is 22.7. The van der Waals surface area contributed by atoms with Crippen LogP contribution in [0.3, 0.4) is 0 Å². The summed E-state index contributed by atoms with van der Waals surface area (Å²) >= 11 is 15.2. The molecule has 2 unspecified atom stereocenters. The lowest BCUT2D eigenvalue weighted by Crippen LogP contribution is -2.52. The van der Waals surface area contributed by atoms with Gasteiger partial charge in [-0.25, -0.2) is 0 Å². The minimum atomic E-state index is -2.02. The molecule has 0 aliphatic carbocycles. The molecule has 2 fully saturated rings. The Morgan fingerprint density at radius 3 is 1.94 bits per heavy atom. The number of anilines is 2. The molecule has 2 aliphatic heterocycles. The van der Waals surface area contributed by atoms with Crippen LogP contribution >= 0.6 is 45.9 Å². The van der Waals surface area contributed by atoms with Crippen LogP contribution in [0.15, 0.2) is 83.6 Å². The molecule has 2 aliphatic rings. The van der Waals surface area contributed by atoms with E-state index < -0.39 is 23.3 Å². The third-order valence-electron chi connectivity index (χ3n) is 7.92. The molecular formula is C34H34Cl2N4O5S2. The summed E-state index contributed by atoms with van der Waals surface area (Å²) in [5.74, 6) is -2.19. The number of carbonyl (C=O) groups is 4. The normalized spacial score (nSPS) is 19.0. The van der Waals surface area contributed by atoms with E-state index in [0.717, 1.165) is 17.0 Å². The number of nitrogens with one attached hydrogen (secondary N) is 2. The van der Waals surface area contributed by atoms with Gasteiger partial charge in [0, 0.05) is 63.8 Å². The number of halogens is 2. The summed E-state index contributed by atoms with van der Waals surface area (Å²) in [5.41, 5.74) is -0.691. The molecule has 2 aromatic heterocycles. The molecule has 4 heterocycles. The molecule has 2 saturated heterocycles. The molecule has 2 atom stereocenters. The zero-order valence-electron chi connectivity index (χ0n) is 25.4. The first-order valence-corrected chi connectivity index (χ1v) is 17.6. The van der Waals surface area contributed by atoms with Gasteiger partial charge in [0.2, 0.25) is 17.4 Å². The van der Waals surface area contributed by atoms with E-state index in [9.17, 15) is 24.3 Å². The van der Waals surface area contributed by atoms with E-state index in [4.69, 9.17) is 23.2 Å². The van der Waals surface area contributed by atoms with Crippen molar-refractivity contribution in [2.75, 3.05) is 36.0 Å². The summed E-state index contributed by atoms with van der Waals surface area (Å²) in [4.78, 5) is 55.0. The van der Waals surface area contributed by atoms with Crippen LogP contribution in [-0.2, 0) is 32.0 Å². The Morgan fingerprint density at radius 1 is 0.809 bits per heavy atom. The molecule has 0 spiro atoms. The Hall–Kier alpha value is -3.74. The van der Waals surface area contributed by atoms with E-state index in [0.29, 0.717) is 48.2 Å². The first kappa shape index (κ1) is 34.6. The van der Waals surface area contributed by atoms with Gasteiger partial charge in [0.25, 0.3) is 11.8 Å². The molecule has 3 N–H and O–H groups in total. The van der Waals surface area contributed by atoms with Crippen molar-refractivity contribution in [3.05, 3.63) is 103 Å². The van der Waals surface area contributed by atoms with Crippen molar-refractivity contribution in [3.8, 4) is 0 Å². The van der Waals surface area contributed by atoms with Gasteiger partial charge in [-0.1, -0.05) is 47.5 Å². The first-order valence-electron chi connectivity index (χ1n) is 15.1. The standard InChI is InChI=1S/C17H17ClN2O3S.C17H17ClN2O2S/c18-12-3-1-4-13(11-12)20-9-7-17(23,16(20)22)15(21)19-8-6-14-5-2-10-24-14;18-12-3-1-4-13(11-12)20-9-7-15(17(20)22)16(21)19-8-6-14-5-2-10-23-14/h1-5,10-11,23H,6-9H2,(H,19,21);1-5,10-11,15H,6-9H2,(H,19,21). The van der Waals surface area contributed by atoms with Crippen molar-refractivity contribution in [1.82, 2.24) is 10.6 Å². The van der Waals surface area contributed by atoms with Gasteiger partial charge in [-0.3, -0.25) is 19.2 Å². The molecule has 13 heteroatoms. The number of amides is 4. The monoisotopic (exact) mass is 712 g/mol. The molecule has 0 radical (unpaired) electrons. The summed E-state index contributed by atoms with van der Waals surface area (Å²) in [5, 5.41) is 21.1. The van der Waals surface area contributed by atoms with E-state index in [1.165, 1.54) is 9.78 Å². The Bertz CT molecular complexity index is 1700. The van der Waals surface area contributed by atoms with E-state index in [2.05, 4.69) is 10.6 Å². The minimum absolute atomic E-state index is 0.0587. The highest BCUT2D eigenvalue weighted by molar-refractivity contribution is 7.10. The van der Waals surface area contributed by atoms with Crippen molar-refractivity contribution in [2.24, 2.45) is 5.92 Å². The van der Waals surface area contributed by atoms with Crippen LogP contribution in [0, 0.1) is 5.92 Å².